The van der Waals surface area contributed by atoms with E-state index in [4.69, 9.17) is 10.5 Å². The van der Waals surface area contributed by atoms with E-state index in [0.717, 1.165) is 36.6 Å². The minimum Gasteiger partial charge on any atom is -0.497 e. The van der Waals surface area contributed by atoms with Crippen molar-refractivity contribution in [2.75, 3.05) is 25.5 Å². The Bertz CT molecular complexity index is 735. The summed E-state index contributed by atoms with van der Waals surface area (Å²) in [6.45, 7) is 3.24. The van der Waals surface area contributed by atoms with Gasteiger partial charge >= 0.3 is 0 Å². The molecule has 154 valence electrons. The van der Waals surface area contributed by atoms with Crippen LogP contribution in [0.25, 0.3) is 0 Å². The number of ether oxygens (including phenoxy) is 1. The van der Waals surface area contributed by atoms with Gasteiger partial charge in [0, 0.05) is 12.2 Å². The number of hydrogen-bond acceptors (Lipinski definition) is 4. The van der Waals surface area contributed by atoms with Crippen molar-refractivity contribution in [3.8, 4) is 5.75 Å². The Labute approximate surface area is 179 Å². The second-order valence-corrected chi connectivity index (χ2v) is 6.83. The van der Waals surface area contributed by atoms with Crippen LogP contribution in [-0.4, -0.2) is 37.0 Å². The Morgan fingerprint density at radius 2 is 1.79 bits per heavy atom. The van der Waals surface area contributed by atoms with Crippen LogP contribution >= 0.6 is 24.8 Å². The minimum absolute atomic E-state index is 0. The lowest BCUT2D eigenvalue weighted by molar-refractivity contribution is -0.117. The van der Waals surface area contributed by atoms with Crippen LogP contribution in [0.1, 0.15) is 24.0 Å². The number of nitrogens with zero attached hydrogens (tertiary/aromatic N) is 1. The molecule has 0 aliphatic carbocycles. The molecule has 1 amide bonds. The van der Waals surface area contributed by atoms with Crippen LogP contribution in [0.3, 0.4) is 0 Å². The van der Waals surface area contributed by atoms with Crippen LogP contribution < -0.4 is 15.8 Å². The second kappa shape index (κ2) is 11.9. The Morgan fingerprint density at radius 3 is 2.43 bits per heavy atom. The molecule has 0 aromatic heterocycles. The smallest absolute Gasteiger partial charge is 0.241 e. The van der Waals surface area contributed by atoms with Gasteiger partial charge in [-0.3, -0.25) is 9.69 Å². The number of halogens is 2. The highest BCUT2D eigenvalue weighted by atomic mass is 35.5. The zero-order valence-corrected chi connectivity index (χ0v) is 17.7. The molecule has 7 heteroatoms. The number of carbonyl (C=O) groups excluding carboxylic acids is 1. The molecule has 2 aromatic carbocycles. The second-order valence-electron chi connectivity index (χ2n) is 6.83. The molecular weight excluding hydrogens is 397 g/mol. The maximum Gasteiger partial charge on any atom is 0.241 e. The SMILES string of the molecule is COc1ccc(C[C@H](N)C(=O)Nc2cccc(CN3CCCC3)c2)cc1.Cl.Cl. The minimum atomic E-state index is -0.592. The highest BCUT2D eigenvalue weighted by molar-refractivity contribution is 5.94. The van der Waals surface area contributed by atoms with Crippen LogP contribution in [0.5, 0.6) is 5.75 Å². The molecule has 3 rings (SSSR count). The van der Waals surface area contributed by atoms with E-state index in [-0.39, 0.29) is 30.7 Å². The van der Waals surface area contributed by atoms with Gasteiger partial charge in [0.1, 0.15) is 5.75 Å². The van der Waals surface area contributed by atoms with Crippen molar-refractivity contribution < 1.29 is 9.53 Å². The van der Waals surface area contributed by atoms with Gasteiger partial charge in [-0.2, -0.15) is 0 Å². The molecule has 1 fully saturated rings. The van der Waals surface area contributed by atoms with Gasteiger partial charge in [0.25, 0.3) is 0 Å². The first-order chi connectivity index (χ1) is 12.6. The molecular formula is C21H29Cl2N3O2. The van der Waals surface area contributed by atoms with Crippen molar-refractivity contribution in [2.24, 2.45) is 5.73 Å². The quantitative estimate of drug-likeness (QED) is 0.710. The van der Waals surface area contributed by atoms with E-state index in [1.807, 2.05) is 42.5 Å². The van der Waals surface area contributed by atoms with Crippen molar-refractivity contribution in [1.29, 1.82) is 0 Å². The van der Waals surface area contributed by atoms with E-state index in [0.29, 0.717) is 6.42 Å². The fourth-order valence-corrected chi connectivity index (χ4v) is 3.29. The van der Waals surface area contributed by atoms with Crippen molar-refractivity contribution in [2.45, 2.75) is 31.8 Å². The number of carbonyl (C=O) groups is 1. The molecule has 28 heavy (non-hydrogen) atoms. The fourth-order valence-electron chi connectivity index (χ4n) is 3.29. The molecule has 0 bridgehead atoms. The van der Waals surface area contributed by atoms with Crippen molar-refractivity contribution >= 4 is 36.4 Å². The first-order valence-electron chi connectivity index (χ1n) is 9.15. The van der Waals surface area contributed by atoms with E-state index >= 15 is 0 Å². The largest absolute Gasteiger partial charge is 0.497 e. The van der Waals surface area contributed by atoms with Gasteiger partial charge in [-0.05, 0) is 67.7 Å². The average Bonchev–Trinajstić information content (AvgIpc) is 3.15. The van der Waals surface area contributed by atoms with Crippen LogP contribution in [0.4, 0.5) is 5.69 Å². The molecule has 2 aromatic rings. The lowest BCUT2D eigenvalue weighted by Crippen LogP contribution is -2.37. The summed E-state index contributed by atoms with van der Waals surface area (Å²) in [4.78, 5) is 14.9. The van der Waals surface area contributed by atoms with Crippen molar-refractivity contribution in [3.63, 3.8) is 0 Å². The third kappa shape index (κ3) is 6.99. The zero-order chi connectivity index (χ0) is 18.4. The average molecular weight is 426 g/mol. The van der Waals surface area contributed by atoms with Gasteiger partial charge in [-0.15, -0.1) is 24.8 Å². The predicted molar refractivity (Wildman–Crippen MR) is 119 cm³/mol. The molecule has 3 N–H and O–H groups in total. The summed E-state index contributed by atoms with van der Waals surface area (Å²) in [7, 11) is 1.63. The third-order valence-electron chi connectivity index (χ3n) is 4.75. The summed E-state index contributed by atoms with van der Waals surface area (Å²) < 4.78 is 5.15. The number of likely N-dealkylation sites (tertiary alicyclic amines) is 1. The molecule has 0 radical (unpaired) electrons. The molecule has 0 spiro atoms. The summed E-state index contributed by atoms with van der Waals surface area (Å²) in [6.07, 6.45) is 3.04. The summed E-state index contributed by atoms with van der Waals surface area (Å²) in [5.41, 5.74) is 9.12. The van der Waals surface area contributed by atoms with Crippen molar-refractivity contribution in [1.82, 2.24) is 4.90 Å². The number of rotatable bonds is 7. The molecule has 1 aliphatic rings. The van der Waals surface area contributed by atoms with Gasteiger partial charge in [-0.25, -0.2) is 0 Å². The number of nitrogens with two attached hydrogens (primary N) is 1. The highest BCUT2D eigenvalue weighted by Gasteiger charge is 2.15. The fraction of sp³-hybridized carbons (Fsp3) is 0.381. The Balaban J connectivity index is 0.00000196. The molecule has 1 aliphatic heterocycles. The number of amides is 1. The van der Waals surface area contributed by atoms with Gasteiger partial charge in [0.15, 0.2) is 0 Å². The van der Waals surface area contributed by atoms with E-state index in [9.17, 15) is 4.79 Å². The summed E-state index contributed by atoms with van der Waals surface area (Å²) in [5, 5.41) is 2.94. The van der Waals surface area contributed by atoms with Gasteiger partial charge < -0.3 is 15.8 Å². The number of benzene rings is 2. The lowest BCUT2D eigenvalue weighted by atomic mass is 10.1. The number of anilines is 1. The monoisotopic (exact) mass is 425 g/mol. The third-order valence-corrected chi connectivity index (χ3v) is 4.75. The van der Waals surface area contributed by atoms with E-state index < -0.39 is 6.04 Å². The topological polar surface area (TPSA) is 67.6 Å². The number of hydrogen-bond donors (Lipinski definition) is 2. The highest BCUT2D eigenvalue weighted by Crippen LogP contribution is 2.17. The summed E-state index contributed by atoms with van der Waals surface area (Å²) in [5.74, 6) is 0.626. The van der Waals surface area contributed by atoms with Crippen LogP contribution in [0.15, 0.2) is 48.5 Å². The Kier molecular flexibility index (Phi) is 10.3. The summed E-state index contributed by atoms with van der Waals surface area (Å²) in [6, 6.07) is 15.1. The maximum atomic E-state index is 12.4. The number of nitrogens with one attached hydrogen (secondary N) is 1. The predicted octanol–water partition coefficient (Wildman–Crippen LogP) is 3.64. The molecule has 1 atom stereocenters. The van der Waals surface area contributed by atoms with Gasteiger partial charge in [0.05, 0.1) is 13.2 Å². The molecule has 5 nitrogen and oxygen atoms in total. The first kappa shape index (κ1) is 24.2. The normalized spacial score (nSPS) is 14.5. The maximum absolute atomic E-state index is 12.4. The molecule has 1 heterocycles. The van der Waals surface area contributed by atoms with Gasteiger partial charge in [-0.1, -0.05) is 24.3 Å². The Hall–Kier alpha value is -1.79. The lowest BCUT2D eigenvalue weighted by Gasteiger charge is -2.16. The van der Waals surface area contributed by atoms with E-state index in [2.05, 4.69) is 16.3 Å². The molecule has 1 saturated heterocycles. The van der Waals surface area contributed by atoms with Gasteiger partial charge in [0.2, 0.25) is 5.91 Å². The standard InChI is InChI=1S/C21H27N3O2.2ClH/c1-26-19-9-7-16(8-10-19)14-20(22)21(25)23-18-6-4-5-17(13-18)15-24-11-2-3-12-24;;/h4-10,13,20H,2-3,11-12,14-15,22H2,1H3,(H,23,25);2*1H/t20-;;/m0../s1. The molecule has 0 saturated carbocycles. The first-order valence-corrected chi connectivity index (χ1v) is 9.15. The van der Waals surface area contributed by atoms with Crippen LogP contribution in [0, 0.1) is 0 Å². The summed E-state index contributed by atoms with van der Waals surface area (Å²) >= 11 is 0. The molecule has 0 unspecified atom stereocenters. The van der Waals surface area contributed by atoms with Crippen molar-refractivity contribution in [3.05, 3.63) is 59.7 Å². The number of methoxy groups -OCH3 is 1. The van der Waals surface area contributed by atoms with Crippen LogP contribution in [0.2, 0.25) is 0 Å². The zero-order valence-electron chi connectivity index (χ0n) is 16.1. The van der Waals surface area contributed by atoms with E-state index in [1.54, 1.807) is 7.11 Å². The van der Waals surface area contributed by atoms with Crippen LogP contribution in [-0.2, 0) is 17.8 Å². The Morgan fingerprint density at radius 1 is 1.11 bits per heavy atom. The van der Waals surface area contributed by atoms with E-state index in [1.165, 1.54) is 18.4 Å².